The van der Waals surface area contributed by atoms with Crippen molar-refractivity contribution in [3.05, 3.63) is 115 Å². The first kappa shape index (κ1) is 18.1. The van der Waals surface area contributed by atoms with E-state index in [4.69, 9.17) is 4.98 Å². The molecule has 7 rings (SSSR count). The topological polar surface area (TPSA) is 30.2 Å². The number of imidazole rings is 1. The highest BCUT2D eigenvalue weighted by Crippen LogP contribution is 2.35. The third kappa shape index (κ3) is 2.76. The molecule has 0 bridgehead atoms. The minimum absolute atomic E-state index is 0.988. The highest BCUT2D eigenvalue weighted by molar-refractivity contribution is 6.14. The van der Waals surface area contributed by atoms with Crippen LogP contribution >= 0.6 is 0 Å². The van der Waals surface area contributed by atoms with E-state index in [1.165, 1.54) is 32.8 Å². The number of pyridine rings is 2. The first-order chi connectivity index (χ1) is 16.4. The summed E-state index contributed by atoms with van der Waals surface area (Å²) in [7, 11) is 0. The lowest BCUT2D eigenvalue weighted by molar-refractivity contribution is 1.31. The normalized spacial score (nSPS) is 11.6. The maximum atomic E-state index is 5.00. The molecular formula is C30H19N3. The molecule has 0 saturated carbocycles. The lowest BCUT2D eigenvalue weighted by Gasteiger charge is -2.11. The van der Waals surface area contributed by atoms with Crippen molar-refractivity contribution in [3.8, 4) is 22.4 Å². The summed E-state index contributed by atoms with van der Waals surface area (Å²) in [5.74, 6) is 0. The monoisotopic (exact) mass is 421 g/mol. The lowest BCUT2D eigenvalue weighted by atomic mass is 9.98. The Balaban J connectivity index is 1.47. The quantitative estimate of drug-likeness (QED) is 0.270. The van der Waals surface area contributed by atoms with Gasteiger partial charge in [0.25, 0.3) is 0 Å². The van der Waals surface area contributed by atoms with Crippen LogP contribution < -0.4 is 0 Å². The largest absolute Gasteiger partial charge is 0.292 e. The minimum Gasteiger partial charge on any atom is -0.292 e. The molecule has 4 aromatic carbocycles. The van der Waals surface area contributed by atoms with Gasteiger partial charge in [0.2, 0.25) is 0 Å². The number of para-hydroxylation sites is 3. The molecule has 0 aliphatic carbocycles. The molecule has 154 valence electrons. The SMILES string of the molecule is c1ccc(-c2ccc(-c3ccc4c(c3)c3ccccc3n3c5ccccc5nc43)cc2)nc1. The van der Waals surface area contributed by atoms with Gasteiger partial charge in [-0.15, -0.1) is 0 Å². The molecule has 0 unspecified atom stereocenters. The average Bonchev–Trinajstić information content (AvgIpc) is 3.29. The van der Waals surface area contributed by atoms with Crippen molar-refractivity contribution in [1.82, 2.24) is 14.4 Å². The van der Waals surface area contributed by atoms with Gasteiger partial charge in [-0.3, -0.25) is 9.38 Å². The van der Waals surface area contributed by atoms with E-state index < -0.39 is 0 Å². The Morgan fingerprint density at radius 1 is 0.515 bits per heavy atom. The Morgan fingerprint density at radius 3 is 2.09 bits per heavy atom. The van der Waals surface area contributed by atoms with E-state index in [2.05, 4.69) is 94.3 Å². The van der Waals surface area contributed by atoms with E-state index in [-0.39, 0.29) is 0 Å². The number of aromatic nitrogens is 3. The number of benzene rings is 4. The van der Waals surface area contributed by atoms with Crippen molar-refractivity contribution < 1.29 is 0 Å². The Kier molecular flexibility index (Phi) is 3.84. The summed E-state index contributed by atoms with van der Waals surface area (Å²) in [4.78, 5) is 9.46. The van der Waals surface area contributed by atoms with Gasteiger partial charge in [-0.2, -0.15) is 0 Å². The molecule has 0 spiro atoms. The first-order valence-corrected chi connectivity index (χ1v) is 11.1. The van der Waals surface area contributed by atoms with Gasteiger partial charge in [0, 0.05) is 22.5 Å². The van der Waals surface area contributed by atoms with E-state index in [1.54, 1.807) is 0 Å². The molecule has 0 amide bonds. The fourth-order valence-corrected chi connectivity index (χ4v) is 4.86. The van der Waals surface area contributed by atoms with Crippen LogP contribution in [0.25, 0.3) is 60.7 Å². The number of hydrogen-bond acceptors (Lipinski definition) is 2. The van der Waals surface area contributed by atoms with Gasteiger partial charge < -0.3 is 0 Å². The van der Waals surface area contributed by atoms with Crippen LogP contribution in [-0.4, -0.2) is 14.4 Å². The van der Waals surface area contributed by atoms with Gasteiger partial charge >= 0.3 is 0 Å². The second kappa shape index (κ2) is 7.01. The van der Waals surface area contributed by atoms with Crippen LogP contribution in [0.1, 0.15) is 0 Å². The first-order valence-electron chi connectivity index (χ1n) is 11.1. The molecule has 3 heterocycles. The molecule has 0 radical (unpaired) electrons. The maximum absolute atomic E-state index is 5.00. The Morgan fingerprint density at radius 2 is 1.24 bits per heavy atom. The fraction of sp³-hybridized carbons (Fsp3) is 0. The summed E-state index contributed by atoms with van der Waals surface area (Å²) in [5.41, 5.74) is 8.83. The molecular weight excluding hydrogens is 402 g/mol. The summed E-state index contributed by atoms with van der Waals surface area (Å²) in [5, 5.41) is 3.62. The van der Waals surface area contributed by atoms with Gasteiger partial charge in [-0.1, -0.05) is 66.7 Å². The summed E-state index contributed by atoms with van der Waals surface area (Å²) >= 11 is 0. The van der Waals surface area contributed by atoms with Crippen molar-refractivity contribution in [2.45, 2.75) is 0 Å². The molecule has 0 atom stereocenters. The second-order valence-electron chi connectivity index (χ2n) is 8.33. The molecule has 0 aliphatic heterocycles. The van der Waals surface area contributed by atoms with Crippen molar-refractivity contribution in [2.75, 3.05) is 0 Å². The fourth-order valence-electron chi connectivity index (χ4n) is 4.86. The van der Waals surface area contributed by atoms with Gasteiger partial charge in [0.1, 0.15) is 5.65 Å². The molecule has 3 nitrogen and oxygen atoms in total. The highest BCUT2D eigenvalue weighted by Gasteiger charge is 2.14. The second-order valence-corrected chi connectivity index (χ2v) is 8.33. The number of rotatable bonds is 2. The third-order valence-electron chi connectivity index (χ3n) is 6.44. The zero-order chi connectivity index (χ0) is 21.8. The smallest absolute Gasteiger partial charge is 0.146 e. The molecule has 0 fully saturated rings. The van der Waals surface area contributed by atoms with E-state index >= 15 is 0 Å². The Labute approximate surface area is 190 Å². The average molecular weight is 422 g/mol. The van der Waals surface area contributed by atoms with Crippen LogP contribution in [-0.2, 0) is 0 Å². The number of nitrogens with zero attached hydrogens (tertiary/aromatic N) is 3. The van der Waals surface area contributed by atoms with Crippen molar-refractivity contribution in [1.29, 1.82) is 0 Å². The molecule has 0 aliphatic rings. The Bertz CT molecular complexity index is 1800. The molecule has 0 N–H and O–H groups in total. The minimum atomic E-state index is 0.988. The van der Waals surface area contributed by atoms with Crippen LogP contribution in [0.2, 0.25) is 0 Å². The molecule has 0 saturated heterocycles. The Hall–Kier alpha value is -4.50. The van der Waals surface area contributed by atoms with Crippen LogP contribution in [0.5, 0.6) is 0 Å². The standard InChI is InChI=1S/C30H19N3/c1-3-10-28-23(7-1)25-19-22(20-12-14-21(15-13-20)26-8-5-6-18-31-26)16-17-24(25)30-32-27-9-2-4-11-29(27)33(28)30/h1-19H. The van der Waals surface area contributed by atoms with Crippen molar-refractivity contribution >= 4 is 38.4 Å². The van der Waals surface area contributed by atoms with E-state index in [0.29, 0.717) is 0 Å². The van der Waals surface area contributed by atoms with Crippen LogP contribution in [0.15, 0.2) is 115 Å². The number of hydrogen-bond donors (Lipinski definition) is 0. The molecule has 3 aromatic heterocycles. The molecule has 7 aromatic rings. The van der Waals surface area contributed by atoms with Gasteiger partial charge in [0.15, 0.2) is 0 Å². The predicted octanol–water partition coefficient (Wildman–Crippen LogP) is 7.52. The van der Waals surface area contributed by atoms with E-state index in [0.717, 1.165) is 27.9 Å². The summed E-state index contributed by atoms with van der Waals surface area (Å²) in [6, 6.07) is 38.3. The third-order valence-corrected chi connectivity index (χ3v) is 6.44. The molecule has 3 heteroatoms. The highest BCUT2D eigenvalue weighted by atomic mass is 15.0. The van der Waals surface area contributed by atoms with Crippen LogP contribution in [0.4, 0.5) is 0 Å². The van der Waals surface area contributed by atoms with Gasteiger partial charge in [-0.05, 0) is 59.0 Å². The lowest BCUT2D eigenvalue weighted by Crippen LogP contribution is -1.92. The van der Waals surface area contributed by atoms with E-state index in [9.17, 15) is 0 Å². The van der Waals surface area contributed by atoms with Crippen molar-refractivity contribution in [2.24, 2.45) is 0 Å². The molecule has 33 heavy (non-hydrogen) atoms. The van der Waals surface area contributed by atoms with Crippen LogP contribution in [0.3, 0.4) is 0 Å². The zero-order valence-electron chi connectivity index (χ0n) is 17.8. The predicted molar refractivity (Wildman–Crippen MR) is 136 cm³/mol. The van der Waals surface area contributed by atoms with Gasteiger partial charge in [0.05, 0.1) is 22.2 Å². The maximum Gasteiger partial charge on any atom is 0.146 e. The number of fused-ring (bicyclic) bond motifs is 8. The zero-order valence-corrected chi connectivity index (χ0v) is 17.8. The summed E-state index contributed by atoms with van der Waals surface area (Å²) in [6.45, 7) is 0. The van der Waals surface area contributed by atoms with Crippen LogP contribution in [0, 0.1) is 0 Å². The van der Waals surface area contributed by atoms with Crippen molar-refractivity contribution in [3.63, 3.8) is 0 Å². The van der Waals surface area contributed by atoms with E-state index in [1.807, 2.05) is 30.5 Å². The summed E-state index contributed by atoms with van der Waals surface area (Å²) in [6.07, 6.45) is 1.83. The summed E-state index contributed by atoms with van der Waals surface area (Å²) < 4.78 is 2.29. The van der Waals surface area contributed by atoms with Gasteiger partial charge in [-0.25, -0.2) is 4.98 Å².